The third kappa shape index (κ3) is 3.99. The van der Waals surface area contributed by atoms with Gasteiger partial charge < -0.3 is 14.2 Å². The van der Waals surface area contributed by atoms with Crippen LogP contribution in [0.1, 0.15) is 24.2 Å². The smallest absolute Gasteiger partial charge is 0.343 e. The monoisotopic (exact) mass is 286 g/mol. The molecule has 0 fully saturated rings. The van der Waals surface area contributed by atoms with E-state index in [1.54, 1.807) is 30.3 Å². The van der Waals surface area contributed by atoms with Gasteiger partial charge in [0.25, 0.3) is 0 Å². The highest BCUT2D eigenvalue weighted by atomic mass is 16.5. The third-order valence-electron chi connectivity index (χ3n) is 2.72. The Labute approximate surface area is 124 Å². The second-order valence-corrected chi connectivity index (χ2v) is 4.73. The molecule has 0 aliphatic rings. The number of carbonyl (C=O) groups excluding carboxylic acids is 1. The molecule has 0 spiro atoms. The van der Waals surface area contributed by atoms with Crippen LogP contribution < -0.4 is 14.2 Å². The van der Waals surface area contributed by atoms with Crippen LogP contribution in [0.5, 0.6) is 17.2 Å². The van der Waals surface area contributed by atoms with E-state index in [-0.39, 0.29) is 6.10 Å². The van der Waals surface area contributed by atoms with E-state index in [9.17, 15) is 4.79 Å². The summed E-state index contributed by atoms with van der Waals surface area (Å²) in [5.41, 5.74) is 0.409. The predicted octanol–water partition coefficient (Wildman–Crippen LogP) is 3.70. The number of esters is 1. The molecule has 0 aliphatic heterocycles. The van der Waals surface area contributed by atoms with Crippen molar-refractivity contribution >= 4 is 5.97 Å². The SMILES string of the molecule is COc1cc(C(=O)Oc2ccccc2)ccc1OC(C)C. The number of carbonyl (C=O) groups is 1. The largest absolute Gasteiger partial charge is 0.493 e. The van der Waals surface area contributed by atoms with Gasteiger partial charge in [0.1, 0.15) is 5.75 Å². The molecule has 0 bridgehead atoms. The van der Waals surface area contributed by atoms with Crippen molar-refractivity contribution in [2.24, 2.45) is 0 Å². The van der Waals surface area contributed by atoms with Crippen LogP contribution in [0, 0.1) is 0 Å². The fourth-order valence-electron chi connectivity index (χ4n) is 1.80. The topological polar surface area (TPSA) is 44.8 Å². The maximum atomic E-state index is 12.1. The Kier molecular flexibility index (Phi) is 4.82. The van der Waals surface area contributed by atoms with E-state index in [0.717, 1.165) is 0 Å². The molecule has 0 amide bonds. The van der Waals surface area contributed by atoms with Gasteiger partial charge in [0.05, 0.1) is 18.8 Å². The summed E-state index contributed by atoms with van der Waals surface area (Å²) in [6.07, 6.45) is 0.0287. The van der Waals surface area contributed by atoms with Crippen molar-refractivity contribution in [3.63, 3.8) is 0 Å². The Morgan fingerprint density at radius 2 is 1.71 bits per heavy atom. The molecule has 0 N–H and O–H groups in total. The Morgan fingerprint density at radius 3 is 2.33 bits per heavy atom. The minimum atomic E-state index is -0.435. The standard InChI is InChI=1S/C17H18O4/c1-12(2)20-15-10-9-13(11-16(15)19-3)17(18)21-14-7-5-4-6-8-14/h4-12H,1-3H3. The molecule has 0 heterocycles. The average Bonchev–Trinajstić information content (AvgIpc) is 2.48. The summed E-state index contributed by atoms with van der Waals surface area (Å²) in [5.74, 6) is 1.18. The van der Waals surface area contributed by atoms with E-state index >= 15 is 0 Å². The molecule has 2 rings (SSSR count). The van der Waals surface area contributed by atoms with Gasteiger partial charge in [-0.15, -0.1) is 0 Å². The van der Waals surface area contributed by atoms with Crippen LogP contribution in [-0.4, -0.2) is 19.2 Å². The summed E-state index contributed by atoms with van der Waals surface area (Å²) in [5, 5.41) is 0. The van der Waals surface area contributed by atoms with Crippen LogP contribution in [-0.2, 0) is 0 Å². The molecule has 0 atom stereocenters. The van der Waals surface area contributed by atoms with Crippen LogP contribution >= 0.6 is 0 Å². The van der Waals surface area contributed by atoms with Gasteiger partial charge in [0.15, 0.2) is 11.5 Å². The van der Waals surface area contributed by atoms with Crippen molar-refractivity contribution in [2.75, 3.05) is 7.11 Å². The first-order valence-corrected chi connectivity index (χ1v) is 6.72. The molecular weight excluding hydrogens is 268 g/mol. The zero-order valence-electron chi connectivity index (χ0n) is 12.3. The molecule has 0 saturated heterocycles. The highest BCUT2D eigenvalue weighted by molar-refractivity contribution is 5.91. The first-order valence-electron chi connectivity index (χ1n) is 6.72. The highest BCUT2D eigenvalue weighted by Crippen LogP contribution is 2.29. The molecule has 0 unspecified atom stereocenters. The summed E-state index contributed by atoms with van der Waals surface area (Å²) in [6, 6.07) is 13.9. The Balaban J connectivity index is 2.18. The van der Waals surface area contributed by atoms with Gasteiger partial charge in [-0.1, -0.05) is 18.2 Å². The van der Waals surface area contributed by atoms with Gasteiger partial charge in [-0.3, -0.25) is 0 Å². The Hall–Kier alpha value is -2.49. The van der Waals surface area contributed by atoms with Crippen LogP contribution in [0.4, 0.5) is 0 Å². The van der Waals surface area contributed by atoms with Crippen LogP contribution in [0.25, 0.3) is 0 Å². The van der Waals surface area contributed by atoms with E-state index in [2.05, 4.69) is 0 Å². The fourth-order valence-corrected chi connectivity index (χ4v) is 1.80. The van der Waals surface area contributed by atoms with E-state index in [4.69, 9.17) is 14.2 Å². The van der Waals surface area contributed by atoms with Crippen LogP contribution in [0.3, 0.4) is 0 Å². The lowest BCUT2D eigenvalue weighted by Gasteiger charge is -2.14. The number of ether oxygens (including phenoxy) is 3. The molecule has 21 heavy (non-hydrogen) atoms. The van der Waals surface area contributed by atoms with E-state index in [1.165, 1.54) is 7.11 Å². The second kappa shape index (κ2) is 6.79. The summed E-state index contributed by atoms with van der Waals surface area (Å²) >= 11 is 0. The lowest BCUT2D eigenvalue weighted by atomic mass is 10.2. The molecule has 4 nitrogen and oxygen atoms in total. The molecule has 0 radical (unpaired) electrons. The fraction of sp³-hybridized carbons (Fsp3) is 0.235. The van der Waals surface area contributed by atoms with Gasteiger partial charge in [-0.2, -0.15) is 0 Å². The zero-order valence-corrected chi connectivity index (χ0v) is 12.3. The summed E-state index contributed by atoms with van der Waals surface area (Å²) in [6.45, 7) is 3.86. The molecule has 0 aromatic heterocycles. The highest BCUT2D eigenvalue weighted by Gasteiger charge is 2.13. The Morgan fingerprint density at radius 1 is 1.00 bits per heavy atom. The van der Waals surface area contributed by atoms with Gasteiger partial charge in [0.2, 0.25) is 0 Å². The Bertz CT molecular complexity index is 605. The molecule has 110 valence electrons. The number of rotatable bonds is 5. The summed E-state index contributed by atoms with van der Waals surface area (Å²) < 4.78 is 16.2. The van der Waals surface area contributed by atoms with Crippen molar-refractivity contribution in [3.05, 3.63) is 54.1 Å². The van der Waals surface area contributed by atoms with E-state index < -0.39 is 5.97 Å². The van der Waals surface area contributed by atoms with Crippen LogP contribution in [0.2, 0.25) is 0 Å². The van der Waals surface area contributed by atoms with Crippen LogP contribution in [0.15, 0.2) is 48.5 Å². The molecule has 2 aromatic carbocycles. The summed E-state index contributed by atoms with van der Waals surface area (Å²) in [4.78, 5) is 12.1. The summed E-state index contributed by atoms with van der Waals surface area (Å²) in [7, 11) is 1.54. The molecule has 0 saturated carbocycles. The third-order valence-corrected chi connectivity index (χ3v) is 2.72. The normalized spacial score (nSPS) is 10.3. The number of hydrogen-bond donors (Lipinski definition) is 0. The lowest BCUT2D eigenvalue weighted by molar-refractivity contribution is 0.0734. The minimum absolute atomic E-state index is 0.0287. The van der Waals surface area contributed by atoms with Gasteiger partial charge in [-0.25, -0.2) is 4.79 Å². The quantitative estimate of drug-likeness (QED) is 0.621. The first-order chi connectivity index (χ1) is 10.1. The van der Waals surface area contributed by atoms with Gasteiger partial charge >= 0.3 is 5.97 Å². The predicted molar refractivity (Wildman–Crippen MR) is 80.2 cm³/mol. The minimum Gasteiger partial charge on any atom is -0.493 e. The van der Waals surface area contributed by atoms with Crippen molar-refractivity contribution < 1.29 is 19.0 Å². The number of para-hydroxylation sites is 1. The average molecular weight is 286 g/mol. The number of hydrogen-bond acceptors (Lipinski definition) is 4. The van der Waals surface area contributed by atoms with Gasteiger partial charge in [0, 0.05) is 0 Å². The van der Waals surface area contributed by atoms with Gasteiger partial charge in [-0.05, 0) is 44.2 Å². The molecule has 4 heteroatoms. The van der Waals surface area contributed by atoms with Crippen molar-refractivity contribution in [2.45, 2.75) is 20.0 Å². The van der Waals surface area contributed by atoms with Crippen molar-refractivity contribution in [1.29, 1.82) is 0 Å². The lowest BCUT2D eigenvalue weighted by Crippen LogP contribution is -2.10. The zero-order chi connectivity index (χ0) is 15.2. The number of methoxy groups -OCH3 is 1. The first kappa shape index (κ1) is 14.9. The van der Waals surface area contributed by atoms with E-state index in [0.29, 0.717) is 22.8 Å². The maximum absolute atomic E-state index is 12.1. The molecule has 0 aliphatic carbocycles. The van der Waals surface area contributed by atoms with Crippen molar-refractivity contribution in [1.82, 2.24) is 0 Å². The second-order valence-electron chi connectivity index (χ2n) is 4.73. The van der Waals surface area contributed by atoms with Crippen molar-refractivity contribution in [3.8, 4) is 17.2 Å². The molecule has 2 aromatic rings. The maximum Gasteiger partial charge on any atom is 0.343 e. The number of benzene rings is 2. The molecular formula is C17H18O4. The van der Waals surface area contributed by atoms with E-state index in [1.807, 2.05) is 32.0 Å².